The fraction of sp³-hybridized carbons (Fsp3) is 0.125. The van der Waals surface area contributed by atoms with Gasteiger partial charge in [-0.1, -0.05) is 24.3 Å². The summed E-state index contributed by atoms with van der Waals surface area (Å²) >= 11 is 0. The number of nitrogens with one attached hydrogen (secondary N) is 1. The second kappa shape index (κ2) is 7.96. The van der Waals surface area contributed by atoms with E-state index in [0.29, 0.717) is 33.7 Å². The van der Waals surface area contributed by atoms with Gasteiger partial charge >= 0.3 is 6.18 Å². The summed E-state index contributed by atoms with van der Waals surface area (Å²) in [5.41, 5.74) is 0.357. The van der Waals surface area contributed by atoms with Gasteiger partial charge in [-0.05, 0) is 61.9 Å². The number of alkyl halides is 3. The molecule has 162 valence electrons. The molecule has 0 aliphatic rings. The normalized spacial score (nSPS) is 11.5. The van der Waals surface area contributed by atoms with Gasteiger partial charge in [0, 0.05) is 5.69 Å². The van der Waals surface area contributed by atoms with E-state index in [-0.39, 0.29) is 5.56 Å². The van der Waals surface area contributed by atoms with Crippen molar-refractivity contribution in [2.24, 2.45) is 0 Å². The molecular weight excluding hydrogens is 419 g/mol. The zero-order valence-electron chi connectivity index (χ0n) is 17.2. The van der Waals surface area contributed by atoms with Crippen LogP contribution >= 0.6 is 0 Å². The van der Waals surface area contributed by atoms with Gasteiger partial charge < -0.3 is 5.32 Å². The number of benzene rings is 3. The molecule has 0 aliphatic carbocycles. The Kier molecular flexibility index (Phi) is 5.30. The van der Waals surface area contributed by atoms with Crippen LogP contribution in [0.5, 0.6) is 0 Å². The topological polar surface area (TPSA) is 64.0 Å². The van der Waals surface area contributed by atoms with Crippen LogP contribution in [-0.4, -0.2) is 15.5 Å². The highest BCUT2D eigenvalue weighted by Crippen LogP contribution is 2.32. The summed E-state index contributed by atoms with van der Waals surface area (Å²) in [6.45, 7) is 3.41. The van der Waals surface area contributed by atoms with Crippen LogP contribution in [0.15, 0.2) is 71.5 Å². The van der Waals surface area contributed by atoms with Crippen molar-refractivity contribution < 1.29 is 18.0 Å². The van der Waals surface area contributed by atoms with Crippen LogP contribution in [0.3, 0.4) is 0 Å². The molecule has 4 rings (SSSR count). The van der Waals surface area contributed by atoms with Gasteiger partial charge in [0.1, 0.15) is 5.82 Å². The number of hydrogen-bond donors (Lipinski definition) is 1. The molecular formula is C24H18F3N3O2. The third kappa shape index (κ3) is 3.87. The lowest BCUT2D eigenvalue weighted by Crippen LogP contribution is -2.22. The molecule has 4 aromatic rings. The van der Waals surface area contributed by atoms with Crippen molar-refractivity contribution in [3.63, 3.8) is 0 Å². The maximum Gasteiger partial charge on any atom is 0.417 e. The molecule has 0 unspecified atom stereocenters. The van der Waals surface area contributed by atoms with Gasteiger partial charge in [-0.25, -0.2) is 4.98 Å². The molecule has 1 amide bonds. The highest BCUT2D eigenvalue weighted by atomic mass is 19.4. The predicted molar refractivity (Wildman–Crippen MR) is 116 cm³/mol. The number of anilines is 1. The maximum atomic E-state index is 13.2. The summed E-state index contributed by atoms with van der Waals surface area (Å²) in [4.78, 5) is 30.0. The van der Waals surface area contributed by atoms with Gasteiger partial charge in [-0.3, -0.25) is 14.2 Å². The van der Waals surface area contributed by atoms with E-state index in [1.54, 1.807) is 56.3 Å². The molecule has 3 aromatic carbocycles. The van der Waals surface area contributed by atoms with E-state index in [2.05, 4.69) is 10.3 Å². The Morgan fingerprint density at radius 1 is 0.969 bits per heavy atom. The molecule has 0 bridgehead atoms. The summed E-state index contributed by atoms with van der Waals surface area (Å²) in [7, 11) is 0. The zero-order valence-corrected chi connectivity index (χ0v) is 17.2. The monoisotopic (exact) mass is 437 g/mol. The Bertz CT molecular complexity index is 1410. The van der Waals surface area contributed by atoms with Crippen LogP contribution in [0.25, 0.3) is 16.6 Å². The fourth-order valence-electron chi connectivity index (χ4n) is 3.59. The SMILES string of the molecule is Cc1cc(-n2c(C)nc3ccccc3c2=O)ccc1NC(=O)c1ccccc1C(F)(F)F. The number of hydrogen-bond acceptors (Lipinski definition) is 3. The van der Waals surface area contributed by atoms with Gasteiger partial charge in [0.05, 0.1) is 27.7 Å². The quantitative estimate of drug-likeness (QED) is 0.475. The average molecular weight is 437 g/mol. The molecule has 0 radical (unpaired) electrons. The van der Waals surface area contributed by atoms with Crippen LogP contribution in [0, 0.1) is 13.8 Å². The number of carbonyl (C=O) groups is 1. The third-order valence-electron chi connectivity index (χ3n) is 5.14. The number of aryl methyl sites for hydroxylation is 2. The summed E-state index contributed by atoms with van der Waals surface area (Å²) in [6, 6.07) is 16.5. The Balaban J connectivity index is 1.70. The molecule has 0 fully saturated rings. The van der Waals surface area contributed by atoms with Crippen molar-refractivity contribution in [1.82, 2.24) is 9.55 Å². The van der Waals surface area contributed by atoms with E-state index >= 15 is 0 Å². The molecule has 1 heterocycles. The van der Waals surface area contributed by atoms with Crippen LogP contribution in [0.4, 0.5) is 18.9 Å². The van der Waals surface area contributed by atoms with Crippen molar-refractivity contribution in [2.45, 2.75) is 20.0 Å². The molecule has 5 nitrogen and oxygen atoms in total. The van der Waals surface area contributed by atoms with Gasteiger partial charge in [-0.2, -0.15) is 13.2 Å². The van der Waals surface area contributed by atoms with Crippen molar-refractivity contribution in [1.29, 1.82) is 0 Å². The summed E-state index contributed by atoms with van der Waals surface area (Å²) in [6.07, 6.45) is -4.64. The predicted octanol–water partition coefficient (Wildman–Crippen LogP) is 5.27. The van der Waals surface area contributed by atoms with E-state index in [9.17, 15) is 22.8 Å². The maximum absolute atomic E-state index is 13.2. The Hall–Kier alpha value is -3.94. The number of halogens is 3. The van der Waals surface area contributed by atoms with Gasteiger partial charge in [0.15, 0.2) is 0 Å². The Labute approximate surface area is 181 Å². The number of nitrogens with zero attached hydrogens (tertiary/aromatic N) is 2. The number of para-hydroxylation sites is 1. The minimum absolute atomic E-state index is 0.233. The average Bonchev–Trinajstić information content (AvgIpc) is 2.75. The molecule has 0 saturated carbocycles. The van der Waals surface area contributed by atoms with E-state index in [4.69, 9.17) is 0 Å². The van der Waals surface area contributed by atoms with E-state index in [1.807, 2.05) is 0 Å². The number of rotatable bonds is 3. The molecule has 1 N–H and O–H groups in total. The third-order valence-corrected chi connectivity index (χ3v) is 5.14. The first kappa shape index (κ1) is 21.3. The molecule has 32 heavy (non-hydrogen) atoms. The Morgan fingerprint density at radius 2 is 1.66 bits per heavy atom. The van der Waals surface area contributed by atoms with E-state index < -0.39 is 23.2 Å². The standard InChI is InChI=1S/C24H18F3N3O2/c1-14-13-16(30-15(2)28-21-10-6-4-8-18(21)23(30)32)11-12-20(14)29-22(31)17-7-3-5-9-19(17)24(25,26)27/h3-13H,1-2H3,(H,29,31). The Morgan fingerprint density at radius 3 is 2.38 bits per heavy atom. The molecule has 8 heteroatoms. The first-order valence-electron chi connectivity index (χ1n) is 9.74. The van der Waals surface area contributed by atoms with E-state index in [0.717, 1.165) is 12.1 Å². The minimum atomic E-state index is -4.64. The van der Waals surface area contributed by atoms with Crippen molar-refractivity contribution in [3.05, 3.63) is 99.6 Å². The number of aromatic nitrogens is 2. The number of fused-ring (bicyclic) bond motifs is 1. The first-order chi connectivity index (χ1) is 15.2. The highest BCUT2D eigenvalue weighted by Gasteiger charge is 2.34. The molecule has 1 aromatic heterocycles. The van der Waals surface area contributed by atoms with Crippen LogP contribution in [0.2, 0.25) is 0 Å². The van der Waals surface area contributed by atoms with Gasteiger partial charge in [-0.15, -0.1) is 0 Å². The van der Waals surface area contributed by atoms with Crippen LogP contribution in [-0.2, 0) is 6.18 Å². The number of carbonyl (C=O) groups excluding carboxylic acids is 1. The van der Waals surface area contributed by atoms with Gasteiger partial charge in [0.25, 0.3) is 11.5 Å². The zero-order chi connectivity index (χ0) is 23.0. The van der Waals surface area contributed by atoms with Gasteiger partial charge in [0.2, 0.25) is 0 Å². The van der Waals surface area contributed by atoms with Crippen LogP contribution < -0.4 is 10.9 Å². The molecule has 0 atom stereocenters. The van der Waals surface area contributed by atoms with Crippen LogP contribution in [0.1, 0.15) is 27.3 Å². The molecule has 0 spiro atoms. The summed E-state index contributed by atoms with van der Waals surface area (Å²) in [5.74, 6) is -0.376. The van der Waals surface area contributed by atoms with E-state index in [1.165, 1.54) is 16.7 Å². The fourth-order valence-corrected chi connectivity index (χ4v) is 3.59. The number of amides is 1. The smallest absolute Gasteiger partial charge is 0.322 e. The lowest BCUT2D eigenvalue weighted by molar-refractivity contribution is -0.137. The van der Waals surface area contributed by atoms with Crippen molar-refractivity contribution >= 4 is 22.5 Å². The summed E-state index contributed by atoms with van der Waals surface area (Å²) in [5, 5.41) is 3.00. The highest BCUT2D eigenvalue weighted by molar-refractivity contribution is 6.05. The minimum Gasteiger partial charge on any atom is -0.322 e. The van der Waals surface area contributed by atoms with Crippen molar-refractivity contribution in [3.8, 4) is 5.69 Å². The summed E-state index contributed by atoms with van der Waals surface area (Å²) < 4.78 is 41.2. The van der Waals surface area contributed by atoms with Crippen molar-refractivity contribution in [2.75, 3.05) is 5.32 Å². The second-order valence-corrected chi connectivity index (χ2v) is 7.31. The second-order valence-electron chi connectivity index (χ2n) is 7.31. The lowest BCUT2D eigenvalue weighted by Gasteiger charge is -2.15. The first-order valence-corrected chi connectivity index (χ1v) is 9.74. The molecule has 0 saturated heterocycles. The molecule has 0 aliphatic heterocycles. The largest absolute Gasteiger partial charge is 0.417 e. The lowest BCUT2D eigenvalue weighted by atomic mass is 10.1.